The number of imidazole rings is 1. The second kappa shape index (κ2) is 7.72. The highest BCUT2D eigenvalue weighted by Crippen LogP contribution is 2.15. The third kappa shape index (κ3) is 4.55. The number of rotatable bonds is 4. The molecule has 22 heavy (non-hydrogen) atoms. The van der Waals surface area contributed by atoms with Crippen molar-refractivity contribution < 1.29 is 9.90 Å². The molecule has 0 aromatic carbocycles. The summed E-state index contributed by atoms with van der Waals surface area (Å²) in [4.78, 5) is 17.5. The number of carboxylic acids is 1. The number of carboxylic acid groups (broad SMARTS) is 1. The van der Waals surface area contributed by atoms with Gasteiger partial charge in [0, 0.05) is 56.2 Å². The lowest BCUT2D eigenvalue weighted by Gasteiger charge is -2.07. The molecular weight excluding hydrogens is 282 g/mol. The van der Waals surface area contributed by atoms with Gasteiger partial charge in [-0.15, -0.1) is 0 Å². The molecule has 3 aromatic rings. The van der Waals surface area contributed by atoms with Crippen molar-refractivity contribution in [3.63, 3.8) is 0 Å². The normalized spacial score (nSPS) is 9.86. The van der Waals surface area contributed by atoms with Gasteiger partial charge in [0.05, 0.1) is 6.54 Å². The van der Waals surface area contributed by atoms with Gasteiger partial charge in [-0.2, -0.15) is 5.10 Å². The average Bonchev–Trinajstić information content (AvgIpc) is 3.17. The summed E-state index contributed by atoms with van der Waals surface area (Å²) in [7, 11) is 0. The van der Waals surface area contributed by atoms with E-state index < -0.39 is 5.97 Å². The minimum atomic E-state index is -0.833. The van der Waals surface area contributed by atoms with Crippen LogP contribution in [0.15, 0.2) is 55.4 Å². The molecule has 0 spiro atoms. The van der Waals surface area contributed by atoms with E-state index in [0.717, 1.165) is 31.4 Å². The lowest BCUT2D eigenvalue weighted by molar-refractivity contribution is -0.134. The summed E-state index contributed by atoms with van der Waals surface area (Å²) in [6, 6.07) is 5.86. The summed E-state index contributed by atoms with van der Waals surface area (Å²) in [5.74, 6) is 0.107. The van der Waals surface area contributed by atoms with Gasteiger partial charge in [0.1, 0.15) is 5.82 Å². The van der Waals surface area contributed by atoms with E-state index in [1.54, 1.807) is 12.4 Å². The number of nitrogens with zero attached hydrogens (tertiary/aromatic N) is 5. The Morgan fingerprint density at radius 1 is 1.18 bits per heavy atom. The first-order chi connectivity index (χ1) is 10.7. The van der Waals surface area contributed by atoms with E-state index in [9.17, 15) is 0 Å². The lowest BCUT2D eigenvalue weighted by atomic mass is 10.3. The van der Waals surface area contributed by atoms with Crippen molar-refractivity contribution in [2.45, 2.75) is 20.0 Å². The predicted octanol–water partition coefficient (Wildman–Crippen LogP) is 1.93. The van der Waals surface area contributed by atoms with Crippen LogP contribution in [0, 0.1) is 0 Å². The highest BCUT2D eigenvalue weighted by Gasteiger charge is 2.05. The standard InChI is InChI=1S/C13H13N5.C2H4O2/c1-3-12(11-14-4-1)13-15-6-8-17(13)9-10-18-7-2-5-16-18;1-2(3)4/h1-8,11H,9-10H2;1H3,(H,3,4). The fraction of sp³-hybridized carbons (Fsp3) is 0.200. The molecule has 3 rings (SSSR count). The van der Waals surface area contributed by atoms with Crippen molar-refractivity contribution in [1.82, 2.24) is 24.3 Å². The highest BCUT2D eigenvalue weighted by molar-refractivity contribution is 5.62. The summed E-state index contributed by atoms with van der Waals surface area (Å²) >= 11 is 0. The first kappa shape index (κ1) is 15.4. The Morgan fingerprint density at radius 3 is 2.64 bits per heavy atom. The van der Waals surface area contributed by atoms with E-state index in [1.165, 1.54) is 0 Å². The van der Waals surface area contributed by atoms with Crippen LogP contribution in [0.5, 0.6) is 0 Å². The smallest absolute Gasteiger partial charge is 0.300 e. The van der Waals surface area contributed by atoms with Crippen molar-refractivity contribution in [2.24, 2.45) is 0 Å². The van der Waals surface area contributed by atoms with Gasteiger partial charge < -0.3 is 9.67 Å². The summed E-state index contributed by atoms with van der Waals surface area (Å²) in [6.07, 6.45) is 11.1. The van der Waals surface area contributed by atoms with Gasteiger partial charge in [0.25, 0.3) is 5.97 Å². The molecule has 7 heteroatoms. The molecule has 1 N–H and O–H groups in total. The van der Waals surface area contributed by atoms with E-state index in [4.69, 9.17) is 9.90 Å². The molecule has 0 saturated carbocycles. The molecule has 114 valence electrons. The van der Waals surface area contributed by atoms with Crippen LogP contribution in [0.25, 0.3) is 11.4 Å². The van der Waals surface area contributed by atoms with Crippen LogP contribution in [0.4, 0.5) is 0 Å². The predicted molar refractivity (Wildman–Crippen MR) is 81.0 cm³/mol. The van der Waals surface area contributed by atoms with Gasteiger partial charge in [-0.05, 0) is 18.2 Å². The van der Waals surface area contributed by atoms with Crippen LogP contribution in [0.2, 0.25) is 0 Å². The molecule has 0 aliphatic rings. The van der Waals surface area contributed by atoms with Crippen LogP contribution >= 0.6 is 0 Å². The number of aliphatic carboxylic acids is 1. The van der Waals surface area contributed by atoms with Gasteiger partial charge in [-0.1, -0.05) is 0 Å². The summed E-state index contributed by atoms with van der Waals surface area (Å²) in [6.45, 7) is 2.75. The zero-order valence-electron chi connectivity index (χ0n) is 12.2. The molecule has 0 unspecified atom stereocenters. The first-order valence-corrected chi connectivity index (χ1v) is 6.75. The van der Waals surface area contributed by atoms with E-state index >= 15 is 0 Å². The van der Waals surface area contributed by atoms with Crippen molar-refractivity contribution in [2.75, 3.05) is 0 Å². The molecule has 0 fully saturated rings. The SMILES string of the molecule is CC(=O)O.c1cncc(-c2nccn2CCn2cccn2)c1. The zero-order chi connectivity index (χ0) is 15.8. The molecule has 7 nitrogen and oxygen atoms in total. The largest absolute Gasteiger partial charge is 0.481 e. The maximum atomic E-state index is 9.00. The maximum absolute atomic E-state index is 9.00. The number of hydrogen-bond acceptors (Lipinski definition) is 4. The lowest BCUT2D eigenvalue weighted by Crippen LogP contribution is -2.08. The van der Waals surface area contributed by atoms with E-state index in [2.05, 4.69) is 19.6 Å². The van der Waals surface area contributed by atoms with Crippen molar-refractivity contribution in [3.05, 3.63) is 55.4 Å². The Bertz CT molecular complexity index is 688. The summed E-state index contributed by atoms with van der Waals surface area (Å²) in [5, 5.41) is 11.6. The Kier molecular flexibility index (Phi) is 5.42. The third-order valence-electron chi connectivity index (χ3n) is 2.76. The molecule has 0 aliphatic heterocycles. The Balaban J connectivity index is 0.000000396. The maximum Gasteiger partial charge on any atom is 0.300 e. The Hall–Kier alpha value is -2.96. The van der Waals surface area contributed by atoms with Crippen LogP contribution < -0.4 is 0 Å². The van der Waals surface area contributed by atoms with E-state index in [1.807, 2.05) is 47.7 Å². The fourth-order valence-corrected chi connectivity index (χ4v) is 1.89. The minimum Gasteiger partial charge on any atom is -0.481 e. The quantitative estimate of drug-likeness (QED) is 0.795. The zero-order valence-corrected chi connectivity index (χ0v) is 12.2. The molecule has 0 saturated heterocycles. The molecular formula is C15H17N5O2. The number of aryl methyl sites for hydroxylation is 2. The molecule has 0 atom stereocenters. The fourth-order valence-electron chi connectivity index (χ4n) is 1.89. The van der Waals surface area contributed by atoms with Crippen LogP contribution in [0.3, 0.4) is 0 Å². The number of hydrogen-bond donors (Lipinski definition) is 1. The first-order valence-electron chi connectivity index (χ1n) is 6.75. The van der Waals surface area contributed by atoms with Gasteiger partial charge in [0.15, 0.2) is 0 Å². The van der Waals surface area contributed by atoms with Crippen molar-refractivity contribution in [3.8, 4) is 11.4 Å². The average molecular weight is 299 g/mol. The van der Waals surface area contributed by atoms with Gasteiger partial charge in [-0.25, -0.2) is 4.98 Å². The van der Waals surface area contributed by atoms with E-state index in [0.29, 0.717) is 0 Å². The van der Waals surface area contributed by atoms with Crippen LogP contribution in [-0.4, -0.2) is 35.4 Å². The number of aromatic nitrogens is 5. The summed E-state index contributed by atoms with van der Waals surface area (Å²) in [5.41, 5.74) is 1.03. The topological polar surface area (TPSA) is 85.8 Å². The highest BCUT2D eigenvalue weighted by atomic mass is 16.4. The Morgan fingerprint density at radius 2 is 2.00 bits per heavy atom. The number of pyridine rings is 1. The van der Waals surface area contributed by atoms with Crippen molar-refractivity contribution >= 4 is 5.97 Å². The van der Waals surface area contributed by atoms with Crippen LogP contribution in [-0.2, 0) is 17.9 Å². The second-order valence-corrected chi connectivity index (χ2v) is 4.47. The monoisotopic (exact) mass is 299 g/mol. The van der Waals surface area contributed by atoms with E-state index in [-0.39, 0.29) is 0 Å². The molecule has 0 aliphatic carbocycles. The molecule has 0 radical (unpaired) electrons. The van der Waals surface area contributed by atoms with Gasteiger partial charge >= 0.3 is 0 Å². The molecule has 0 amide bonds. The second-order valence-electron chi connectivity index (χ2n) is 4.47. The van der Waals surface area contributed by atoms with Gasteiger partial charge in [0.2, 0.25) is 0 Å². The molecule has 3 heterocycles. The molecule has 0 bridgehead atoms. The van der Waals surface area contributed by atoms with Gasteiger partial charge in [-0.3, -0.25) is 14.5 Å². The Labute approximate surface area is 127 Å². The van der Waals surface area contributed by atoms with Crippen LogP contribution in [0.1, 0.15) is 6.92 Å². The number of carbonyl (C=O) groups is 1. The molecule has 3 aromatic heterocycles. The third-order valence-corrected chi connectivity index (χ3v) is 2.76. The summed E-state index contributed by atoms with van der Waals surface area (Å²) < 4.78 is 4.02. The van der Waals surface area contributed by atoms with Crippen molar-refractivity contribution in [1.29, 1.82) is 0 Å². The minimum absolute atomic E-state index is 0.830.